The van der Waals surface area contributed by atoms with E-state index in [4.69, 9.17) is 0 Å². The maximum absolute atomic E-state index is 12.3. The minimum absolute atomic E-state index is 0.122. The molecule has 0 saturated heterocycles. The van der Waals surface area contributed by atoms with Crippen molar-refractivity contribution < 1.29 is 13.2 Å². The zero-order valence-corrected chi connectivity index (χ0v) is 12.9. The number of amides is 1. The molecule has 0 saturated carbocycles. The monoisotopic (exact) mass is 321 g/mol. The van der Waals surface area contributed by atoms with Crippen molar-refractivity contribution in [3.05, 3.63) is 35.3 Å². The molecule has 0 aliphatic carbocycles. The molecule has 0 bridgehead atoms. The Morgan fingerprint density at radius 1 is 1.45 bits per heavy atom. The largest absolute Gasteiger partial charge is 0.343 e. The van der Waals surface area contributed by atoms with Crippen LogP contribution in [-0.4, -0.2) is 45.7 Å². The summed E-state index contributed by atoms with van der Waals surface area (Å²) in [6, 6.07) is 1.12. The summed E-state index contributed by atoms with van der Waals surface area (Å²) in [4.78, 5) is 20.5. The lowest BCUT2D eigenvalue weighted by molar-refractivity contribution is 0.0942. The van der Waals surface area contributed by atoms with E-state index in [0.717, 1.165) is 11.1 Å². The molecule has 3 rings (SSSR count). The third kappa shape index (κ3) is 2.71. The van der Waals surface area contributed by atoms with Crippen molar-refractivity contribution in [2.45, 2.75) is 25.8 Å². The van der Waals surface area contributed by atoms with E-state index in [1.54, 1.807) is 10.6 Å². The average Bonchev–Trinajstić information content (AvgIpc) is 3.03. The van der Waals surface area contributed by atoms with Gasteiger partial charge in [-0.2, -0.15) is 10.1 Å². The van der Waals surface area contributed by atoms with E-state index in [1.807, 2.05) is 13.8 Å². The molecule has 2 aromatic heterocycles. The molecule has 22 heavy (non-hydrogen) atoms. The van der Waals surface area contributed by atoms with Crippen molar-refractivity contribution >= 4 is 21.5 Å². The smallest absolute Gasteiger partial charge is 0.270 e. The first kappa shape index (κ1) is 14.6. The number of aromatic nitrogens is 4. The molecule has 2 aromatic rings. The molecule has 1 amide bonds. The van der Waals surface area contributed by atoms with Crippen LogP contribution in [0, 0.1) is 0 Å². The lowest BCUT2D eigenvalue weighted by Crippen LogP contribution is -2.36. The summed E-state index contributed by atoms with van der Waals surface area (Å²) in [6.45, 7) is 3.95. The van der Waals surface area contributed by atoms with Crippen molar-refractivity contribution in [2.24, 2.45) is 0 Å². The van der Waals surface area contributed by atoms with E-state index in [-0.39, 0.29) is 17.4 Å². The Morgan fingerprint density at radius 2 is 2.23 bits per heavy atom. The van der Waals surface area contributed by atoms with Gasteiger partial charge in [-0.15, -0.1) is 0 Å². The summed E-state index contributed by atoms with van der Waals surface area (Å²) in [6.07, 6.45) is 2.84. The molecule has 0 aromatic carbocycles. The summed E-state index contributed by atoms with van der Waals surface area (Å²) in [5.41, 5.74) is 1.00. The molecule has 9 heteroatoms. The van der Waals surface area contributed by atoms with Gasteiger partial charge in [-0.25, -0.2) is 17.9 Å². The van der Waals surface area contributed by atoms with E-state index in [1.165, 1.54) is 12.4 Å². The Balaban J connectivity index is 1.90. The second-order valence-corrected chi connectivity index (χ2v) is 7.36. The van der Waals surface area contributed by atoms with Crippen LogP contribution in [0.5, 0.6) is 0 Å². The first-order valence-corrected chi connectivity index (χ1v) is 8.50. The van der Waals surface area contributed by atoms with Gasteiger partial charge in [0.15, 0.2) is 9.84 Å². The molecule has 0 radical (unpaired) electrons. The highest BCUT2D eigenvalue weighted by atomic mass is 32.2. The molecule has 0 fully saturated rings. The van der Waals surface area contributed by atoms with E-state index >= 15 is 0 Å². The van der Waals surface area contributed by atoms with Gasteiger partial charge in [-0.1, -0.05) is 13.8 Å². The number of nitrogens with one attached hydrogen (secondary N) is 1. The summed E-state index contributed by atoms with van der Waals surface area (Å²) < 4.78 is 24.3. The molecule has 8 nitrogen and oxygen atoms in total. The second kappa shape index (κ2) is 5.16. The minimum Gasteiger partial charge on any atom is -0.343 e. The van der Waals surface area contributed by atoms with Crippen LogP contribution in [0.1, 0.15) is 35.9 Å². The number of fused-ring (bicyclic) bond motifs is 1. The van der Waals surface area contributed by atoms with Crippen LogP contribution in [0.2, 0.25) is 0 Å². The number of hydrogen-bond donors (Lipinski definition) is 1. The maximum Gasteiger partial charge on any atom is 0.270 e. The molecule has 3 heterocycles. The Bertz CT molecular complexity index is 869. The van der Waals surface area contributed by atoms with E-state index in [2.05, 4.69) is 20.4 Å². The molecule has 1 aliphatic heterocycles. The number of carbonyl (C=O) groups excluding carboxylic acids is 1. The highest BCUT2D eigenvalue weighted by molar-refractivity contribution is 7.94. The van der Waals surface area contributed by atoms with Crippen molar-refractivity contribution in [3.63, 3.8) is 0 Å². The molecule has 1 N–H and O–H groups in total. The third-order valence-electron chi connectivity index (χ3n) is 3.35. The zero-order valence-electron chi connectivity index (χ0n) is 12.1. The van der Waals surface area contributed by atoms with Gasteiger partial charge in [-0.3, -0.25) is 4.79 Å². The third-order valence-corrected chi connectivity index (χ3v) is 4.75. The van der Waals surface area contributed by atoms with Crippen LogP contribution in [0.15, 0.2) is 23.9 Å². The average molecular weight is 321 g/mol. The fraction of sp³-hybridized carbons (Fsp3) is 0.385. The topological polar surface area (TPSA) is 106 Å². The number of rotatable bonds is 3. The molecule has 1 aliphatic rings. The highest BCUT2D eigenvalue weighted by Gasteiger charge is 2.24. The van der Waals surface area contributed by atoms with Gasteiger partial charge in [0.25, 0.3) is 11.7 Å². The molecule has 0 spiro atoms. The van der Waals surface area contributed by atoms with E-state index in [0.29, 0.717) is 5.78 Å². The van der Waals surface area contributed by atoms with Crippen LogP contribution in [0.4, 0.5) is 0 Å². The van der Waals surface area contributed by atoms with Gasteiger partial charge >= 0.3 is 0 Å². The standard InChI is InChI=1S/C13H15N5O3S/c1-8(2)11-5-10(17-13-14-7-15-18(11)13)12(19)16-9-3-4-22(20,21)6-9/h3-5,7-9H,6H2,1-2H3,(H,16,19)/t9-/m0/s1. The van der Waals surface area contributed by atoms with Crippen LogP contribution < -0.4 is 5.32 Å². The predicted molar refractivity (Wildman–Crippen MR) is 79.1 cm³/mol. The number of sulfone groups is 1. The minimum atomic E-state index is -3.21. The molecule has 1 atom stereocenters. The Labute approximate surface area is 127 Å². The van der Waals surface area contributed by atoms with Crippen LogP contribution >= 0.6 is 0 Å². The highest BCUT2D eigenvalue weighted by Crippen LogP contribution is 2.16. The van der Waals surface area contributed by atoms with Crippen molar-refractivity contribution in [1.82, 2.24) is 24.9 Å². The normalized spacial score (nSPS) is 19.9. The Hall–Kier alpha value is -2.29. The van der Waals surface area contributed by atoms with E-state index < -0.39 is 21.8 Å². The lowest BCUT2D eigenvalue weighted by Gasteiger charge is -2.12. The van der Waals surface area contributed by atoms with Crippen molar-refractivity contribution in [3.8, 4) is 0 Å². The fourth-order valence-corrected chi connectivity index (χ4v) is 3.51. The van der Waals surface area contributed by atoms with E-state index in [9.17, 15) is 13.2 Å². The summed E-state index contributed by atoms with van der Waals surface area (Å²) in [7, 11) is -3.21. The quantitative estimate of drug-likeness (QED) is 0.871. The lowest BCUT2D eigenvalue weighted by atomic mass is 10.1. The fourth-order valence-electron chi connectivity index (χ4n) is 2.27. The molecular weight excluding hydrogens is 306 g/mol. The first-order valence-electron chi connectivity index (χ1n) is 6.78. The van der Waals surface area contributed by atoms with Crippen LogP contribution in [0.3, 0.4) is 0 Å². The van der Waals surface area contributed by atoms with Gasteiger partial charge in [0.1, 0.15) is 12.0 Å². The predicted octanol–water partition coefficient (Wildman–Crippen LogP) is 0.288. The zero-order chi connectivity index (χ0) is 15.9. The van der Waals surface area contributed by atoms with Crippen LogP contribution in [0.25, 0.3) is 5.78 Å². The van der Waals surface area contributed by atoms with Crippen LogP contribution in [-0.2, 0) is 9.84 Å². The SMILES string of the molecule is CC(C)c1cc(C(=O)N[C@H]2C=CS(=O)(=O)C2)nc2ncnn12. The Kier molecular flexibility index (Phi) is 3.44. The Morgan fingerprint density at radius 3 is 2.86 bits per heavy atom. The van der Waals surface area contributed by atoms with Crippen molar-refractivity contribution in [2.75, 3.05) is 5.75 Å². The first-order chi connectivity index (χ1) is 10.4. The number of nitrogens with zero attached hydrogens (tertiary/aromatic N) is 4. The van der Waals surface area contributed by atoms with Gasteiger partial charge < -0.3 is 5.32 Å². The van der Waals surface area contributed by atoms with Gasteiger partial charge in [0.2, 0.25) is 0 Å². The number of hydrogen-bond acceptors (Lipinski definition) is 6. The van der Waals surface area contributed by atoms with Crippen molar-refractivity contribution in [1.29, 1.82) is 0 Å². The van der Waals surface area contributed by atoms with Gasteiger partial charge in [0.05, 0.1) is 17.5 Å². The molecule has 116 valence electrons. The summed E-state index contributed by atoms with van der Waals surface area (Å²) in [5, 5.41) is 7.85. The van der Waals surface area contributed by atoms with Gasteiger partial charge in [-0.05, 0) is 18.1 Å². The number of carbonyl (C=O) groups is 1. The molecular formula is C13H15N5O3S. The summed E-state index contributed by atoms with van der Waals surface area (Å²) >= 11 is 0. The molecule has 0 unspecified atom stereocenters. The van der Waals surface area contributed by atoms with Gasteiger partial charge in [0, 0.05) is 5.41 Å². The second-order valence-electron chi connectivity index (χ2n) is 5.43. The maximum atomic E-state index is 12.3. The summed E-state index contributed by atoms with van der Waals surface area (Å²) in [5.74, 6) is -0.0845.